The molecule has 0 aliphatic carbocycles. The Morgan fingerprint density at radius 1 is 1.47 bits per heavy atom. The zero-order chi connectivity index (χ0) is 12.4. The molecule has 0 fully saturated rings. The topological polar surface area (TPSA) is 45.8 Å². The van der Waals surface area contributed by atoms with Crippen LogP contribution in [0.25, 0.3) is 0 Å². The Balaban J connectivity index is 2.00. The van der Waals surface area contributed by atoms with Crippen molar-refractivity contribution >= 4 is 28.9 Å². The van der Waals surface area contributed by atoms with Gasteiger partial charge in [0.1, 0.15) is 0 Å². The Kier molecular flexibility index (Phi) is 3.69. The molecule has 0 amide bonds. The van der Waals surface area contributed by atoms with E-state index in [0.717, 1.165) is 27.0 Å². The van der Waals surface area contributed by atoms with Gasteiger partial charge in [-0.3, -0.25) is 4.79 Å². The normalized spacial score (nSPS) is 10.8. The number of aromatic nitrogens is 2. The van der Waals surface area contributed by atoms with Crippen LogP contribution in [-0.4, -0.2) is 21.5 Å². The summed E-state index contributed by atoms with van der Waals surface area (Å²) in [7, 11) is 0. The van der Waals surface area contributed by atoms with Crippen molar-refractivity contribution in [2.75, 3.05) is 5.75 Å². The molecule has 0 aliphatic rings. The number of H-pyrrole nitrogens is 1. The van der Waals surface area contributed by atoms with Gasteiger partial charge in [-0.1, -0.05) is 11.8 Å². The molecular weight excluding hydrogens is 252 g/mol. The first-order chi connectivity index (χ1) is 8.06. The lowest BCUT2D eigenvalue weighted by Crippen LogP contribution is -2.02. The molecule has 3 nitrogen and oxygen atoms in total. The Morgan fingerprint density at radius 3 is 2.76 bits per heavy atom. The number of nitrogens with zero attached hydrogens (tertiary/aromatic N) is 1. The van der Waals surface area contributed by atoms with Gasteiger partial charge in [-0.25, -0.2) is 4.98 Å². The maximum Gasteiger partial charge on any atom is 0.174 e. The van der Waals surface area contributed by atoms with E-state index in [1.165, 1.54) is 11.8 Å². The van der Waals surface area contributed by atoms with E-state index in [1.807, 2.05) is 32.2 Å². The summed E-state index contributed by atoms with van der Waals surface area (Å²) in [6, 6.07) is 1.91. The molecule has 0 unspecified atom stereocenters. The van der Waals surface area contributed by atoms with Crippen LogP contribution in [0.15, 0.2) is 15.8 Å². The Labute approximate surface area is 109 Å². The minimum absolute atomic E-state index is 0.157. The molecule has 0 saturated carbocycles. The summed E-state index contributed by atoms with van der Waals surface area (Å²) in [6.07, 6.45) is 0. The number of thioether (sulfide) groups is 1. The molecule has 0 bridgehead atoms. The van der Waals surface area contributed by atoms with E-state index in [-0.39, 0.29) is 5.78 Å². The molecule has 17 heavy (non-hydrogen) atoms. The van der Waals surface area contributed by atoms with Gasteiger partial charge < -0.3 is 4.98 Å². The number of hydrogen-bond donors (Lipinski definition) is 1. The molecule has 0 aliphatic heterocycles. The van der Waals surface area contributed by atoms with Crippen molar-refractivity contribution in [1.29, 1.82) is 0 Å². The van der Waals surface area contributed by atoms with Crippen molar-refractivity contribution in [3.05, 3.63) is 34.1 Å². The number of carbonyl (C=O) groups excluding carboxylic acids is 1. The fourth-order valence-corrected chi connectivity index (χ4v) is 3.35. The summed E-state index contributed by atoms with van der Waals surface area (Å²) in [5.41, 5.74) is 3.78. The van der Waals surface area contributed by atoms with Crippen molar-refractivity contribution in [3.8, 4) is 0 Å². The molecular formula is C12H14N2OS2. The molecule has 90 valence electrons. The fraction of sp³-hybridized carbons (Fsp3) is 0.333. The smallest absolute Gasteiger partial charge is 0.174 e. The van der Waals surface area contributed by atoms with Crippen LogP contribution in [-0.2, 0) is 0 Å². The Bertz CT molecular complexity index is 542. The second-order valence-corrected chi connectivity index (χ2v) is 6.04. The highest BCUT2D eigenvalue weighted by molar-refractivity contribution is 8.01. The van der Waals surface area contributed by atoms with Crippen molar-refractivity contribution in [2.24, 2.45) is 0 Å². The third-order valence-electron chi connectivity index (χ3n) is 2.37. The Hall–Kier alpha value is -1.07. The van der Waals surface area contributed by atoms with Gasteiger partial charge in [-0.2, -0.15) is 0 Å². The van der Waals surface area contributed by atoms with Crippen LogP contribution in [0, 0.1) is 20.8 Å². The second kappa shape index (κ2) is 5.06. The van der Waals surface area contributed by atoms with Gasteiger partial charge >= 0.3 is 0 Å². The van der Waals surface area contributed by atoms with Crippen LogP contribution >= 0.6 is 23.1 Å². The summed E-state index contributed by atoms with van der Waals surface area (Å²) in [6.45, 7) is 5.85. The van der Waals surface area contributed by atoms with Crippen molar-refractivity contribution in [3.63, 3.8) is 0 Å². The number of carbonyl (C=O) groups is 1. The predicted molar refractivity (Wildman–Crippen MR) is 72.2 cm³/mol. The lowest BCUT2D eigenvalue weighted by molar-refractivity contribution is 0.102. The van der Waals surface area contributed by atoms with Crippen molar-refractivity contribution < 1.29 is 4.79 Å². The molecule has 0 aromatic carbocycles. The lowest BCUT2D eigenvalue weighted by Gasteiger charge is -1.97. The van der Waals surface area contributed by atoms with Crippen LogP contribution in [0.2, 0.25) is 0 Å². The summed E-state index contributed by atoms with van der Waals surface area (Å²) >= 11 is 3.09. The van der Waals surface area contributed by atoms with E-state index in [1.54, 1.807) is 11.3 Å². The molecule has 0 spiro atoms. The molecule has 0 radical (unpaired) electrons. The first-order valence-electron chi connectivity index (χ1n) is 5.30. The van der Waals surface area contributed by atoms with E-state index in [4.69, 9.17) is 0 Å². The quantitative estimate of drug-likeness (QED) is 0.681. The Morgan fingerprint density at radius 2 is 2.24 bits per heavy atom. The number of nitrogens with one attached hydrogen (secondary N) is 1. The molecule has 2 heterocycles. The average Bonchev–Trinajstić information content (AvgIpc) is 2.81. The lowest BCUT2D eigenvalue weighted by atomic mass is 10.2. The van der Waals surface area contributed by atoms with Gasteiger partial charge in [0.05, 0.1) is 5.75 Å². The molecule has 0 atom stereocenters. The number of thiazole rings is 1. The summed E-state index contributed by atoms with van der Waals surface area (Å²) in [5.74, 6) is 0.607. The monoisotopic (exact) mass is 266 g/mol. The van der Waals surface area contributed by atoms with E-state index >= 15 is 0 Å². The van der Waals surface area contributed by atoms with Gasteiger partial charge in [-0.15, -0.1) is 11.3 Å². The van der Waals surface area contributed by atoms with E-state index in [9.17, 15) is 4.79 Å². The highest BCUT2D eigenvalue weighted by atomic mass is 32.2. The molecule has 1 N–H and O–H groups in total. The molecule has 2 aromatic heterocycles. The minimum atomic E-state index is 0.157. The number of Topliss-reactive ketones (excluding diaryl/α,β-unsaturated/α-hetero) is 1. The maximum absolute atomic E-state index is 12.0. The van der Waals surface area contributed by atoms with Gasteiger partial charge in [0.15, 0.2) is 10.1 Å². The second-order valence-electron chi connectivity index (χ2n) is 3.96. The van der Waals surface area contributed by atoms with Crippen LogP contribution in [0.3, 0.4) is 0 Å². The first-order valence-corrected chi connectivity index (χ1v) is 7.17. The number of rotatable bonds is 4. The zero-order valence-corrected chi connectivity index (χ0v) is 11.7. The van der Waals surface area contributed by atoms with E-state index in [0.29, 0.717) is 5.75 Å². The van der Waals surface area contributed by atoms with E-state index in [2.05, 4.69) is 9.97 Å². The standard InChI is InChI=1S/C12H14N2OS2/c1-7-4-10(9(3)13-7)11(15)6-17-12-14-8(2)5-16-12/h4-5,13H,6H2,1-3H3. The number of ketones is 1. The fourth-order valence-electron chi connectivity index (χ4n) is 1.62. The molecule has 2 aromatic rings. The highest BCUT2D eigenvalue weighted by Gasteiger charge is 2.12. The SMILES string of the molecule is Cc1csc(SCC(=O)c2cc(C)[nH]c2C)n1. The largest absolute Gasteiger partial charge is 0.362 e. The molecule has 0 saturated heterocycles. The molecule has 2 rings (SSSR count). The predicted octanol–water partition coefficient (Wildman–Crippen LogP) is 3.37. The summed E-state index contributed by atoms with van der Waals surface area (Å²) in [4.78, 5) is 19.5. The third kappa shape index (κ3) is 2.98. The van der Waals surface area contributed by atoms with Gasteiger partial charge in [-0.05, 0) is 26.8 Å². The number of hydrogen-bond acceptors (Lipinski definition) is 4. The van der Waals surface area contributed by atoms with Gasteiger partial charge in [0.2, 0.25) is 0 Å². The average molecular weight is 266 g/mol. The zero-order valence-electron chi connectivity index (χ0n) is 10.0. The van der Waals surface area contributed by atoms with Crippen LogP contribution < -0.4 is 0 Å². The first kappa shape index (κ1) is 12.4. The van der Waals surface area contributed by atoms with Gasteiger partial charge in [0.25, 0.3) is 0 Å². The maximum atomic E-state index is 12.0. The van der Waals surface area contributed by atoms with Gasteiger partial charge in [0, 0.05) is 28.0 Å². The number of aromatic amines is 1. The number of aryl methyl sites for hydroxylation is 3. The highest BCUT2D eigenvalue weighted by Crippen LogP contribution is 2.23. The van der Waals surface area contributed by atoms with Crippen molar-refractivity contribution in [1.82, 2.24) is 9.97 Å². The molecule has 5 heteroatoms. The summed E-state index contributed by atoms with van der Waals surface area (Å²) < 4.78 is 0.959. The van der Waals surface area contributed by atoms with Crippen LogP contribution in [0.4, 0.5) is 0 Å². The van der Waals surface area contributed by atoms with Crippen LogP contribution in [0.1, 0.15) is 27.4 Å². The van der Waals surface area contributed by atoms with Crippen LogP contribution in [0.5, 0.6) is 0 Å². The summed E-state index contributed by atoms with van der Waals surface area (Å²) in [5, 5.41) is 2.00. The minimum Gasteiger partial charge on any atom is -0.362 e. The third-order valence-corrected chi connectivity index (χ3v) is 4.51. The van der Waals surface area contributed by atoms with Crippen molar-refractivity contribution in [2.45, 2.75) is 25.1 Å². The van der Waals surface area contributed by atoms with E-state index < -0.39 is 0 Å².